The van der Waals surface area contributed by atoms with E-state index < -0.39 is 0 Å². The normalized spacial score (nSPS) is 15.4. The van der Waals surface area contributed by atoms with Crippen LogP contribution in [0.5, 0.6) is 0 Å². The zero-order chi connectivity index (χ0) is 20.3. The predicted molar refractivity (Wildman–Crippen MR) is 122 cm³/mol. The van der Waals surface area contributed by atoms with E-state index in [-0.39, 0.29) is 5.97 Å². The van der Waals surface area contributed by atoms with Crippen LogP contribution in [-0.2, 0) is 22.4 Å². The molecule has 2 aromatic rings. The highest BCUT2D eigenvalue weighted by Crippen LogP contribution is 2.31. The Kier molecular flexibility index (Phi) is 8.30. The van der Waals surface area contributed by atoms with E-state index in [1.807, 2.05) is 0 Å². The van der Waals surface area contributed by atoms with Gasteiger partial charge in [-0.05, 0) is 72.8 Å². The number of fused-ring (bicyclic) bond motifs is 1. The molecule has 2 heteroatoms. The zero-order valence-corrected chi connectivity index (χ0v) is 17.4. The summed E-state index contributed by atoms with van der Waals surface area (Å²) < 4.78 is 5.05. The first-order chi connectivity index (χ1) is 14.3. The fourth-order valence-corrected chi connectivity index (χ4v) is 4.05. The summed E-state index contributed by atoms with van der Waals surface area (Å²) in [4.78, 5) is 11.1. The molecule has 0 saturated heterocycles. The van der Waals surface area contributed by atoms with Crippen molar-refractivity contribution in [3.63, 3.8) is 0 Å². The molecule has 3 rings (SSSR count). The predicted octanol–water partition coefficient (Wildman–Crippen LogP) is 6.79. The van der Waals surface area contributed by atoms with E-state index in [2.05, 4.69) is 61.2 Å². The number of carbonyl (C=O) groups excluding carboxylic acids is 1. The van der Waals surface area contributed by atoms with Gasteiger partial charge in [0.1, 0.15) is 0 Å². The molecular weight excluding hydrogens is 356 g/mol. The van der Waals surface area contributed by atoms with E-state index in [0.29, 0.717) is 6.61 Å². The summed E-state index contributed by atoms with van der Waals surface area (Å²) in [6.45, 7) is 3.91. The van der Waals surface area contributed by atoms with E-state index in [0.717, 1.165) is 32.1 Å². The van der Waals surface area contributed by atoms with Gasteiger partial charge in [-0.25, -0.2) is 4.79 Å². The topological polar surface area (TPSA) is 26.3 Å². The minimum Gasteiger partial charge on any atom is -0.463 e. The van der Waals surface area contributed by atoms with E-state index in [1.54, 1.807) is 0 Å². The number of allylic oxidation sites excluding steroid dienone is 1. The van der Waals surface area contributed by atoms with Crippen LogP contribution in [-0.4, -0.2) is 12.6 Å². The lowest BCUT2D eigenvalue weighted by Crippen LogP contribution is -2.02. The molecular formula is C27H32O2. The van der Waals surface area contributed by atoms with Gasteiger partial charge in [0.25, 0.3) is 0 Å². The second-order valence-electron chi connectivity index (χ2n) is 7.77. The van der Waals surface area contributed by atoms with Gasteiger partial charge in [0.05, 0.1) is 6.61 Å². The molecule has 0 heterocycles. The standard InChI is InChI=1S/C27H32O2/c1-2-27(28)29-20-11-4-3-6-15-23-18-12-19-24-16-9-10-17-25(21-26(23)24)22-13-7-5-8-14-22/h2,5,7-8,12-14,18-19,21H,1,3-4,6,9-11,15-17,20H2/b25-21+. The molecule has 0 bridgehead atoms. The first kappa shape index (κ1) is 21.1. The van der Waals surface area contributed by atoms with Crippen molar-refractivity contribution in [2.45, 2.75) is 57.8 Å². The van der Waals surface area contributed by atoms with Crippen molar-refractivity contribution in [1.82, 2.24) is 0 Å². The van der Waals surface area contributed by atoms with Crippen LogP contribution in [0.2, 0.25) is 0 Å². The summed E-state index contributed by atoms with van der Waals surface area (Å²) in [7, 11) is 0. The molecule has 0 spiro atoms. The Morgan fingerprint density at radius 3 is 2.55 bits per heavy atom. The summed E-state index contributed by atoms with van der Waals surface area (Å²) in [6, 6.07) is 17.6. The number of aryl methyl sites for hydroxylation is 2. The average molecular weight is 389 g/mol. The van der Waals surface area contributed by atoms with Crippen LogP contribution in [0.15, 0.2) is 61.2 Å². The molecule has 0 unspecified atom stereocenters. The maximum atomic E-state index is 11.1. The highest BCUT2D eigenvalue weighted by Gasteiger charge is 2.12. The molecule has 0 aliphatic heterocycles. The Labute approximate surface area is 175 Å². The maximum Gasteiger partial charge on any atom is 0.330 e. The first-order valence-electron chi connectivity index (χ1n) is 10.9. The number of hydrogen-bond donors (Lipinski definition) is 0. The molecule has 1 aliphatic carbocycles. The third-order valence-electron chi connectivity index (χ3n) is 5.64. The van der Waals surface area contributed by atoms with E-state index in [1.165, 1.54) is 59.6 Å². The number of carbonyl (C=O) groups is 1. The van der Waals surface area contributed by atoms with Crippen molar-refractivity contribution in [2.75, 3.05) is 6.61 Å². The zero-order valence-electron chi connectivity index (χ0n) is 17.4. The average Bonchev–Trinajstić information content (AvgIpc) is 2.74. The van der Waals surface area contributed by atoms with Crippen LogP contribution in [0, 0.1) is 0 Å². The quantitative estimate of drug-likeness (QED) is 0.269. The summed E-state index contributed by atoms with van der Waals surface area (Å²) >= 11 is 0. The lowest BCUT2D eigenvalue weighted by Gasteiger charge is -2.18. The SMILES string of the molecule is C=CC(=O)OCCCCCCc1cccc2c1/C=C(/c1ccccc1)CCCC2. The largest absolute Gasteiger partial charge is 0.463 e. The highest BCUT2D eigenvalue weighted by atomic mass is 16.5. The highest BCUT2D eigenvalue weighted by molar-refractivity contribution is 5.83. The number of rotatable bonds is 9. The van der Waals surface area contributed by atoms with Gasteiger partial charge >= 0.3 is 5.97 Å². The van der Waals surface area contributed by atoms with Crippen LogP contribution >= 0.6 is 0 Å². The Morgan fingerprint density at radius 1 is 0.931 bits per heavy atom. The van der Waals surface area contributed by atoms with E-state index in [9.17, 15) is 4.79 Å². The number of ether oxygens (including phenoxy) is 1. The summed E-state index contributed by atoms with van der Waals surface area (Å²) in [5.74, 6) is -0.325. The lowest BCUT2D eigenvalue weighted by atomic mass is 9.87. The fourth-order valence-electron chi connectivity index (χ4n) is 4.05. The molecule has 29 heavy (non-hydrogen) atoms. The monoisotopic (exact) mass is 388 g/mol. The number of hydrogen-bond acceptors (Lipinski definition) is 2. The molecule has 0 aromatic heterocycles. The Hall–Kier alpha value is -2.61. The van der Waals surface area contributed by atoms with Gasteiger partial charge in [-0.15, -0.1) is 0 Å². The van der Waals surface area contributed by atoms with Crippen molar-refractivity contribution in [1.29, 1.82) is 0 Å². The molecule has 2 nitrogen and oxygen atoms in total. The van der Waals surface area contributed by atoms with Crippen LogP contribution < -0.4 is 0 Å². The summed E-state index contributed by atoms with van der Waals surface area (Å²) in [6.07, 6.45) is 13.9. The van der Waals surface area contributed by atoms with Gasteiger partial charge in [-0.2, -0.15) is 0 Å². The molecule has 152 valence electrons. The van der Waals surface area contributed by atoms with Crippen molar-refractivity contribution in [2.24, 2.45) is 0 Å². The van der Waals surface area contributed by atoms with Crippen molar-refractivity contribution in [3.8, 4) is 0 Å². The summed E-state index contributed by atoms with van der Waals surface area (Å²) in [5.41, 5.74) is 7.22. The van der Waals surface area contributed by atoms with Gasteiger partial charge in [-0.1, -0.05) is 74.0 Å². The Balaban J connectivity index is 1.63. The second kappa shape index (κ2) is 11.4. The van der Waals surface area contributed by atoms with Gasteiger partial charge in [-0.3, -0.25) is 0 Å². The van der Waals surface area contributed by atoms with Crippen LogP contribution in [0.4, 0.5) is 0 Å². The molecule has 0 radical (unpaired) electrons. The van der Waals surface area contributed by atoms with Gasteiger partial charge in [0, 0.05) is 6.08 Å². The molecule has 1 aliphatic rings. The minimum atomic E-state index is -0.325. The van der Waals surface area contributed by atoms with Gasteiger partial charge < -0.3 is 4.74 Å². The molecule has 2 aromatic carbocycles. The van der Waals surface area contributed by atoms with Crippen molar-refractivity contribution >= 4 is 17.6 Å². The van der Waals surface area contributed by atoms with Gasteiger partial charge in [0.15, 0.2) is 0 Å². The molecule has 0 saturated carbocycles. The number of unbranched alkanes of at least 4 members (excludes halogenated alkanes) is 3. The van der Waals surface area contributed by atoms with Crippen LogP contribution in [0.1, 0.15) is 67.2 Å². The van der Waals surface area contributed by atoms with Crippen molar-refractivity contribution in [3.05, 3.63) is 83.4 Å². The maximum absolute atomic E-state index is 11.1. The lowest BCUT2D eigenvalue weighted by molar-refractivity contribution is -0.137. The van der Waals surface area contributed by atoms with Crippen LogP contribution in [0.25, 0.3) is 11.6 Å². The summed E-state index contributed by atoms with van der Waals surface area (Å²) in [5, 5.41) is 0. The van der Waals surface area contributed by atoms with Crippen molar-refractivity contribution < 1.29 is 9.53 Å². The third-order valence-corrected chi connectivity index (χ3v) is 5.64. The Bertz CT molecular complexity index is 833. The fraction of sp³-hybridized carbons (Fsp3) is 0.370. The molecule has 0 N–H and O–H groups in total. The van der Waals surface area contributed by atoms with Crippen LogP contribution in [0.3, 0.4) is 0 Å². The molecule has 0 atom stereocenters. The number of benzene rings is 2. The first-order valence-corrected chi connectivity index (χ1v) is 10.9. The second-order valence-corrected chi connectivity index (χ2v) is 7.77. The molecule has 0 fully saturated rings. The smallest absolute Gasteiger partial charge is 0.330 e. The third kappa shape index (κ3) is 6.45. The van der Waals surface area contributed by atoms with E-state index in [4.69, 9.17) is 4.74 Å². The minimum absolute atomic E-state index is 0.325. The Morgan fingerprint density at radius 2 is 1.72 bits per heavy atom. The number of esters is 1. The van der Waals surface area contributed by atoms with Gasteiger partial charge in [0.2, 0.25) is 0 Å². The molecule has 0 amide bonds. The van der Waals surface area contributed by atoms with E-state index >= 15 is 0 Å².